The second-order valence-electron chi connectivity index (χ2n) is 13.8. The smallest absolute Gasteiger partial charge is 0.0474 e. The van der Waals surface area contributed by atoms with Gasteiger partial charge in [-0.15, -0.1) is 0 Å². The van der Waals surface area contributed by atoms with E-state index in [1.54, 1.807) is 0 Å². The minimum absolute atomic E-state index is 1.10. The molecule has 0 aliphatic heterocycles. The average Bonchev–Trinajstić information content (AvgIpc) is 3.24. The van der Waals surface area contributed by atoms with Crippen LogP contribution in [0.2, 0.25) is 0 Å². The van der Waals surface area contributed by atoms with Crippen molar-refractivity contribution in [1.29, 1.82) is 0 Å². The lowest BCUT2D eigenvalue weighted by molar-refractivity contribution is 1.29. The molecule has 0 aliphatic rings. The highest BCUT2D eigenvalue weighted by molar-refractivity contribution is 6.20. The fourth-order valence-corrected chi connectivity index (χ4v) is 7.99. The van der Waals surface area contributed by atoms with Gasteiger partial charge in [-0.25, -0.2) is 0 Å². The van der Waals surface area contributed by atoms with Crippen LogP contribution in [0.15, 0.2) is 212 Å². The quantitative estimate of drug-likeness (QED) is 0.159. The van der Waals surface area contributed by atoms with Crippen molar-refractivity contribution in [3.8, 4) is 33.4 Å². The second-order valence-corrected chi connectivity index (χ2v) is 13.8. The number of fused-ring (bicyclic) bond motifs is 6. The van der Waals surface area contributed by atoms with Crippen molar-refractivity contribution in [2.75, 3.05) is 4.90 Å². The lowest BCUT2D eigenvalue weighted by Crippen LogP contribution is -2.10. The zero-order valence-corrected chi connectivity index (χ0v) is 29.2. The van der Waals surface area contributed by atoms with Crippen LogP contribution in [-0.2, 0) is 0 Å². The van der Waals surface area contributed by atoms with Gasteiger partial charge in [-0.05, 0) is 119 Å². The molecule has 0 atom stereocenters. The Morgan fingerprint density at radius 1 is 0.245 bits per heavy atom. The van der Waals surface area contributed by atoms with Crippen LogP contribution >= 0.6 is 0 Å². The Bertz CT molecular complexity index is 2920. The Morgan fingerprint density at radius 2 is 0.792 bits per heavy atom. The van der Waals surface area contributed by atoms with Crippen LogP contribution in [0, 0.1) is 0 Å². The molecule has 0 bridgehead atoms. The summed E-state index contributed by atoms with van der Waals surface area (Å²) in [6.07, 6.45) is 0. The van der Waals surface area contributed by atoms with E-state index in [-0.39, 0.29) is 0 Å². The molecule has 0 aliphatic carbocycles. The van der Waals surface area contributed by atoms with E-state index in [1.807, 2.05) is 0 Å². The van der Waals surface area contributed by atoms with Gasteiger partial charge < -0.3 is 4.90 Å². The molecular formula is C52H35N. The van der Waals surface area contributed by atoms with Crippen molar-refractivity contribution in [2.24, 2.45) is 0 Å². The van der Waals surface area contributed by atoms with Crippen LogP contribution in [0.3, 0.4) is 0 Å². The van der Waals surface area contributed by atoms with Crippen molar-refractivity contribution in [1.82, 2.24) is 0 Å². The topological polar surface area (TPSA) is 3.24 Å². The number of anilines is 3. The third-order valence-electron chi connectivity index (χ3n) is 10.6. The van der Waals surface area contributed by atoms with Gasteiger partial charge in [0.05, 0.1) is 0 Å². The Balaban J connectivity index is 1.13. The molecule has 0 fully saturated rings. The Kier molecular flexibility index (Phi) is 7.55. The van der Waals surface area contributed by atoms with Crippen molar-refractivity contribution in [2.45, 2.75) is 0 Å². The molecule has 0 saturated carbocycles. The minimum Gasteiger partial charge on any atom is -0.310 e. The summed E-state index contributed by atoms with van der Waals surface area (Å²) >= 11 is 0. The molecule has 10 aromatic carbocycles. The summed E-state index contributed by atoms with van der Waals surface area (Å²) in [5, 5.41) is 10.1. The first-order valence-electron chi connectivity index (χ1n) is 18.3. The number of hydrogen-bond acceptors (Lipinski definition) is 1. The SMILES string of the molecule is c1ccc(-c2cccc(N(c3ccc(-c4ccc5ccc6ccc7ccccc7c6c5c4)cc3)c3cc(-c4ccccc4)c4ccccc4c3)c2)cc1. The van der Waals surface area contributed by atoms with Gasteiger partial charge in [0.2, 0.25) is 0 Å². The summed E-state index contributed by atoms with van der Waals surface area (Å²) in [5.74, 6) is 0. The molecule has 0 radical (unpaired) electrons. The molecule has 10 aromatic rings. The standard InChI is InChI=1S/C52H35N/c1-3-12-36(13-4-1)42-18-11-19-46(32-42)53(47-33-44-17-8-9-20-48(44)50(35-47)38-14-5-2-6-15-38)45-30-28-37(29-31-45)43-27-24-40-23-26-41-25-22-39-16-7-10-21-49(39)52(41)51(40)34-43/h1-35H. The molecule has 0 aromatic heterocycles. The lowest BCUT2D eigenvalue weighted by atomic mass is 9.94. The number of benzene rings is 10. The van der Waals surface area contributed by atoms with Gasteiger partial charge in [0.15, 0.2) is 0 Å². The maximum atomic E-state index is 2.40. The molecule has 0 N–H and O–H groups in total. The Morgan fingerprint density at radius 3 is 1.57 bits per heavy atom. The molecule has 0 spiro atoms. The van der Waals surface area contributed by atoms with E-state index in [0.29, 0.717) is 0 Å². The third-order valence-corrected chi connectivity index (χ3v) is 10.6. The van der Waals surface area contributed by atoms with Crippen LogP contribution in [0.1, 0.15) is 0 Å². The first-order chi connectivity index (χ1) is 26.3. The lowest BCUT2D eigenvalue weighted by Gasteiger charge is -2.27. The summed E-state index contributed by atoms with van der Waals surface area (Å²) in [6.45, 7) is 0. The van der Waals surface area contributed by atoms with Gasteiger partial charge >= 0.3 is 0 Å². The maximum absolute atomic E-state index is 2.40. The van der Waals surface area contributed by atoms with Gasteiger partial charge in [0, 0.05) is 17.1 Å². The van der Waals surface area contributed by atoms with Gasteiger partial charge in [0.25, 0.3) is 0 Å². The predicted octanol–water partition coefficient (Wildman–Crippen LogP) is 14.8. The molecule has 0 unspecified atom stereocenters. The zero-order valence-electron chi connectivity index (χ0n) is 29.2. The number of nitrogens with zero attached hydrogens (tertiary/aromatic N) is 1. The largest absolute Gasteiger partial charge is 0.310 e. The summed E-state index contributed by atoms with van der Waals surface area (Å²) in [5.41, 5.74) is 10.5. The maximum Gasteiger partial charge on any atom is 0.0474 e. The fraction of sp³-hybridized carbons (Fsp3) is 0. The van der Waals surface area contributed by atoms with E-state index < -0.39 is 0 Å². The van der Waals surface area contributed by atoms with E-state index in [0.717, 1.165) is 17.1 Å². The minimum atomic E-state index is 1.10. The van der Waals surface area contributed by atoms with Crippen molar-refractivity contribution < 1.29 is 0 Å². The zero-order chi connectivity index (χ0) is 35.1. The average molecular weight is 674 g/mol. The second kappa shape index (κ2) is 13.0. The van der Waals surface area contributed by atoms with E-state index in [9.17, 15) is 0 Å². The van der Waals surface area contributed by atoms with Crippen LogP contribution in [0.25, 0.3) is 76.5 Å². The summed E-state index contributed by atoms with van der Waals surface area (Å²) < 4.78 is 0. The van der Waals surface area contributed by atoms with E-state index in [1.165, 1.54) is 76.5 Å². The molecule has 53 heavy (non-hydrogen) atoms. The van der Waals surface area contributed by atoms with Crippen molar-refractivity contribution >= 4 is 60.2 Å². The first kappa shape index (κ1) is 30.8. The molecule has 0 amide bonds. The van der Waals surface area contributed by atoms with Crippen LogP contribution in [0.5, 0.6) is 0 Å². The Hall–Kier alpha value is -6.96. The monoisotopic (exact) mass is 673 g/mol. The Labute approximate surface area is 309 Å². The van der Waals surface area contributed by atoms with Gasteiger partial charge in [0.1, 0.15) is 0 Å². The van der Waals surface area contributed by atoms with Crippen LogP contribution < -0.4 is 4.90 Å². The van der Waals surface area contributed by atoms with Gasteiger partial charge in [-0.1, -0.05) is 170 Å². The van der Waals surface area contributed by atoms with Gasteiger partial charge in [-0.3, -0.25) is 0 Å². The highest BCUT2D eigenvalue weighted by atomic mass is 15.1. The highest BCUT2D eigenvalue weighted by Gasteiger charge is 2.17. The van der Waals surface area contributed by atoms with E-state index in [2.05, 4.69) is 217 Å². The summed E-state index contributed by atoms with van der Waals surface area (Å²) in [6, 6.07) is 77.3. The molecule has 1 nitrogen and oxygen atoms in total. The molecule has 0 saturated heterocycles. The van der Waals surface area contributed by atoms with Crippen molar-refractivity contribution in [3.05, 3.63) is 212 Å². The normalized spacial score (nSPS) is 11.4. The molecule has 248 valence electrons. The van der Waals surface area contributed by atoms with Crippen LogP contribution in [0.4, 0.5) is 17.1 Å². The number of hydrogen-bond donors (Lipinski definition) is 0. The third kappa shape index (κ3) is 5.60. The fourth-order valence-electron chi connectivity index (χ4n) is 7.99. The highest BCUT2D eigenvalue weighted by Crippen LogP contribution is 2.42. The number of rotatable bonds is 6. The van der Waals surface area contributed by atoms with Crippen LogP contribution in [-0.4, -0.2) is 0 Å². The van der Waals surface area contributed by atoms with E-state index >= 15 is 0 Å². The predicted molar refractivity (Wildman–Crippen MR) is 227 cm³/mol. The molecule has 1 heteroatoms. The first-order valence-corrected chi connectivity index (χ1v) is 18.3. The summed E-state index contributed by atoms with van der Waals surface area (Å²) in [7, 11) is 0. The van der Waals surface area contributed by atoms with Gasteiger partial charge in [-0.2, -0.15) is 0 Å². The molecular weight excluding hydrogens is 639 g/mol. The summed E-state index contributed by atoms with van der Waals surface area (Å²) in [4.78, 5) is 2.40. The molecule has 0 heterocycles. The van der Waals surface area contributed by atoms with E-state index in [4.69, 9.17) is 0 Å². The molecule has 10 rings (SSSR count). The van der Waals surface area contributed by atoms with Crippen molar-refractivity contribution in [3.63, 3.8) is 0 Å².